The van der Waals surface area contributed by atoms with Gasteiger partial charge in [-0.05, 0) is 17.5 Å². The van der Waals surface area contributed by atoms with Crippen LogP contribution in [0.25, 0.3) is 0 Å². The molecule has 0 fully saturated rings. The third kappa shape index (κ3) is 10.4. The molecule has 4 N–H and O–H groups in total. The van der Waals surface area contributed by atoms with Crippen LogP contribution in [0.5, 0.6) is 0 Å². The zero-order chi connectivity index (χ0) is 24.8. The summed E-state index contributed by atoms with van der Waals surface area (Å²) in [6.07, 6.45) is 2.29. The number of rotatable bonds is 12. The maximum atomic E-state index is 13.1. The van der Waals surface area contributed by atoms with Gasteiger partial charge >= 0.3 is 12.1 Å². The fraction of sp³-hybridized carbons (Fsp3) is 0.292. The molecule has 34 heavy (non-hydrogen) atoms. The number of alkyl carbamates (subject to hydrolysis) is 1. The average molecular weight is 488 g/mol. The molecule has 0 aliphatic rings. The molecule has 0 spiro atoms. The van der Waals surface area contributed by atoms with Crippen LogP contribution in [0.1, 0.15) is 17.5 Å². The van der Waals surface area contributed by atoms with Gasteiger partial charge in [0.2, 0.25) is 5.91 Å². The van der Waals surface area contributed by atoms with Gasteiger partial charge in [0.1, 0.15) is 12.6 Å². The van der Waals surface area contributed by atoms with E-state index in [1.165, 1.54) is 13.2 Å². The molecule has 182 valence electrons. The highest BCUT2D eigenvalue weighted by molar-refractivity contribution is 7.82. The number of hydrogen-bond donors (Lipinski definition) is 3. The first-order valence-electron chi connectivity index (χ1n) is 10.6. The van der Waals surface area contributed by atoms with Crippen LogP contribution < -0.4 is 15.8 Å². The van der Waals surface area contributed by atoms with Crippen molar-refractivity contribution in [2.75, 3.05) is 12.9 Å². The second-order valence-electron chi connectivity index (χ2n) is 7.32. The van der Waals surface area contributed by atoms with E-state index in [4.69, 9.17) is 9.88 Å². The quantitative estimate of drug-likeness (QED) is 0.308. The lowest BCUT2D eigenvalue weighted by Gasteiger charge is -2.22. The smallest absolute Gasteiger partial charge is 0.408 e. The topological polar surface area (TPSA) is 137 Å². The second kappa shape index (κ2) is 14.6. The van der Waals surface area contributed by atoms with Gasteiger partial charge in [-0.1, -0.05) is 66.7 Å². The Bertz CT molecular complexity index is 985. The van der Waals surface area contributed by atoms with Crippen molar-refractivity contribution in [2.45, 2.75) is 31.5 Å². The molecule has 0 aliphatic heterocycles. The van der Waals surface area contributed by atoms with Crippen LogP contribution >= 0.6 is 0 Å². The van der Waals surface area contributed by atoms with Gasteiger partial charge in [-0.25, -0.2) is 13.8 Å². The first kappa shape index (κ1) is 26.7. The van der Waals surface area contributed by atoms with Gasteiger partial charge in [0, 0.05) is 24.3 Å². The van der Waals surface area contributed by atoms with Crippen molar-refractivity contribution in [3.05, 3.63) is 83.9 Å². The fourth-order valence-electron chi connectivity index (χ4n) is 2.97. The predicted octanol–water partition coefficient (Wildman–Crippen LogP) is 1.75. The molecule has 0 aliphatic carbocycles. The number of benzene rings is 2. The van der Waals surface area contributed by atoms with Crippen molar-refractivity contribution in [2.24, 2.45) is 5.14 Å². The van der Waals surface area contributed by atoms with Crippen LogP contribution in [0.4, 0.5) is 4.79 Å². The van der Waals surface area contributed by atoms with Crippen molar-refractivity contribution >= 4 is 29.0 Å². The maximum Gasteiger partial charge on any atom is 0.408 e. The molecule has 0 bridgehead atoms. The molecule has 2 rings (SSSR count). The molecule has 9 nitrogen and oxygen atoms in total. The zero-order valence-electron chi connectivity index (χ0n) is 18.8. The van der Waals surface area contributed by atoms with E-state index in [1.54, 1.807) is 0 Å². The SMILES string of the molecule is COC(=O)/C=C/[C@H](CCS(N)=O)NC(=O)[C@H](Cc1ccccc1)NC(=O)OCc1ccccc1. The molecule has 0 saturated heterocycles. The lowest BCUT2D eigenvalue weighted by molar-refractivity contribution is -0.135. The molecular formula is C24H29N3O6S. The number of amides is 2. The highest BCUT2D eigenvalue weighted by Crippen LogP contribution is 2.07. The third-order valence-electron chi connectivity index (χ3n) is 4.73. The van der Waals surface area contributed by atoms with Crippen LogP contribution in [-0.2, 0) is 43.1 Å². The third-order valence-corrected chi connectivity index (χ3v) is 5.37. The second-order valence-corrected chi connectivity index (χ2v) is 8.49. The Hall–Kier alpha value is -3.50. The van der Waals surface area contributed by atoms with Gasteiger partial charge in [0.05, 0.1) is 18.1 Å². The van der Waals surface area contributed by atoms with E-state index >= 15 is 0 Å². The first-order valence-corrected chi connectivity index (χ1v) is 12.0. The van der Waals surface area contributed by atoms with Gasteiger partial charge in [-0.3, -0.25) is 9.93 Å². The molecule has 2 amide bonds. The van der Waals surface area contributed by atoms with Crippen LogP contribution in [0, 0.1) is 0 Å². The lowest BCUT2D eigenvalue weighted by atomic mass is 10.0. The zero-order valence-corrected chi connectivity index (χ0v) is 19.7. The predicted molar refractivity (Wildman–Crippen MR) is 129 cm³/mol. The summed E-state index contributed by atoms with van der Waals surface area (Å²) >= 11 is 0. The number of carbonyl (C=O) groups excluding carboxylic acids is 3. The number of hydrogen-bond acceptors (Lipinski definition) is 6. The van der Waals surface area contributed by atoms with Gasteiger partial charge < -0.3 is 20.1 Å². The normalized spacial score (nSPS) is 13.5. The van der Waals surface area contributed by atoms with Gasteiger partial charge in [-0.15, -0.1) is 0 Å². The van der Waals surface area contributed by atoms with Crippen molar-refractivity contribution in [1.82, 2.24) is 10.6 Å². The lowest BCUT2D eigenvalue weighted by Crippen LogP contribution is -2.50. The number of esters is 1. The van der Waals surface area contributed by atoms with E-state index in [0.29, 0.717) is 0 Å². The van der Waals surface area contributed by atoms with Crippen molar-refractivity contribution < 1.29 is 28.1 Å². The fourth-order valence-corrected chi connectivity index (χ4v) is 3.46. The Morgan fingerprint density at radius 3 is 2.21 bits per heavy atom. The Morgan fingerprint density at radius 2 is 1.62 bits per heavy atom. The molecule has 0 radical (unpaired) electrons. The highest BCUT2D eigenvalue weighted by Gasteiger charge is 2.24. The largest absolute Gasteiger partial charge is 0.466 e. The maximum absolute atomic E-state index is 13.1. The standard InChI is InChI=1S/C24H29N3O6S/c1-32-22(28)13-12-20(14-15-34(25)31)26-23(29)21(16-18-8-4-2-5-9-18)27-24(30)33-17-19-10-6-3-7-11-19/h2-13,20-21H,14-17,25H2,1H3,(H,26,29)(H,27,30)/b13-12+/t20-,21+,34?/m1/s1. The highest BCUT2D eigenvalue weighted by atomic mass is 32.2. The van der Waals surface area contributed by atoms with E-state index in [-0.39, 0.29) is 25.2 Å². The van der Waals surface area contributed by atoms with E-state index in [1.807, 2.05) is 60.7 Å². The molecular weight excluding hydrogens is 458 g/mol. The summed E-state index contributed by atoms with van der Waals surface area (Å²) in [5.41, 5.74) is 1.64. The summed E-state index contributed by atoms with van der Waals surface area (Å²) in [4.78, 5) is 37.0. The number of nitrogens with one attached hydrogen (secondary N) is 2. The molecule has 0 aromatic heterocycles. The van der Waals surface area contributed by atoms with Crippen molar-refractivity contribution in [3.63, 3.8) is 0 Å². The van der Waals surface area contributed by atoms with E-state index < -0.39 is 41.0 Å². The van der Waals surface area contributed by atoms with Crippen LogP contribution in [0.3, 0.4) is 0 Å². The monoisotopic (exact) mass is 487 g/mol. The van der Waals surface area contributed by atoms with Crippen molar-refractivity contribution in [1.29, 1.82) is 0 Å². The Kier molecular flexibility index (Phi) is 11.5. The van der Waals surface area contributed by atoms with Crippen molar-refractivity contribution in [3.8, 4) is 0 Å². The number of nitrogens with two attached hydrogens (primary N) is 1. The van der Waals surface area contributed by atoms with E-state index in [0.717, 1.165) is 17.2 Å². The molecule has 0 saturated carbocycles. The minimum absolute atomic E-state index is 0.0547. The van der Waals surface area contributed by atoms with Gasteiger partial charge in [0.25, 0.3) is 0 Å². The molecule has 3 atom stereocenters. The summed E-state index contributed by atoms with van der Waals surface area (Å²) in [6.45, 7) is 0.0547. The summed E-state index contributed by atoms with van der Waals surface area (Å²) < 4.78 is 21.2. The molecule has 1 unspecified atom stereocenters. The number of methoxy groups -OCH3 is 1. The molecule has 0 heterocycles. The summed E-state index contributed by atoms with van der Waals surface area (Å²) in [7, 11) is -0.348. The average Bonchev–Trinajstić information content (AvgIpc) is 2.84. The summed E-state index contributed by atoms with van der Waals surface area (Å²) in [6, 6.07) is 16.7. The molecule has 2 aromatic carbocycles. The number of ether oxygens (including phenoxy) is 2. The van der Waals surface area contributed by atoms with Crippen LogP contribution in [0.2, 0.25) is 0 Å². The van der Waals surface area contributed by atoms with E-state index in [9.17, 15) is 18.6 Å². The molecule has 10 heteroatoms. The Morgan fingerprint density at radius 1 is 1.00 bits per heavy atom. The van der Waals surface area contributed by atoms with Crippen LogP contribution in [0.15, 0.2) is 72.8 Å². The summed E-state index contributed by atoms with van der Waals surface area (Å²) in [5, 5.41) is 10.7. The first-order chi connectivity index (χ1) is 16.4. The Labute approximate surface area is 201 Å². The summed E-state index contributed by atoms with van der Waals surface area (Å²) in [5.74, 6) is -0.994. The van der Waals surface area contributed by atoms with Gasteiger partial charge in [0.15, 0.2) is 0 Å². The van der Waals surface area contributed by atoms with Gasteiger partial charge in [-0.2, -0.15) is 0 Å². The minimum atomic E-state index is -1.58. The Balaban J connectivity index is 2.10. The van der Waals surface area contributed by atoms with Crippen LogP contribution in [-0.4, -0.2) is 47.1 Å². The van der Waals surface area contributed by atoms with E-state index in [2.05, 4.69) is 15.4 Å². The number of carbonyl (C=O) groups is 3. The molecule has 2 aromatic rings. The minimum Gasteiger partial charge on any atom is -0.466 e.